The van der Waals surface area contributed by atoms with E-state index >= 15 is 0 Å². The second-order valence-electron chi connectivity index (χ2n) is 7.25. The first kappa shape index (κ1) is 24.1. The summed E-state index contributed by atoms with van der Waals surface area (Å²) in [5.74, 6) is 1.19. The first-order chi connectivity index (χ1) is 12.5. The maximum Gasteiger partial charge on any atom is 0.193 e. The molecule has 1 atom stereocenters. The van der Waals surface area contributed by atoms with E-state index in [-0.39, 0.29) is 29.8 Å². The molecule has 0 aliphatic carbocycles. The van der Waals surface area contributed by atoms with Crippen molar-refractivity contribution in [1.82, 2.24) is 20.0 Å². The number of benzene rings is 1. The van der Waals surface area contributed by atoms with E-state index in [4.69, 9.17) is 0 Å². The molecule has 1 fully saturated rings. The first-order valence-electron chi connectivity index (χ1n) is 9.62. The smallest absolute Gasteiger partial charge is 0.193 e. The molecule has 1 saturated heterocycles. The summed E-state index contributed by atoms with van der Waals surface area (Å²) in [7, 11) is 3.77. The molecule has 0 saturated carbocycles. The highest BCUT2D eigenvalue weighted by Gasteiger charge is 2.17. The summed E-state index contributed by atoms with van der Waals surface area (Å²) in [6.07, 6.45) is 0. The van der Waals surface area contributed by atoms with Gasteiger partial charge < -0.3 is 20.0 Å². The lowest BCUT2D eigenvalue weighted by molar-refractivity contribution is 0.124. The largest absolute Gasteiger partial charge is 0.356 e. The maximum absolute atomic E-state index is 13.4. The minimum absolute atomic E-state index is 0. The molecule has 0 spiro atoms. The molecule has 0 aromatic heterocycles. The average molecular weight is 491 g/mol. The van der Waals surface area contributed by atoms with E-state index in [1.54, 1.807) is 19.2 Å². The average Bonchev–Trinajstić information content (AvgIpc) is 2.63. The first-order valence-corrected chi connectivity index (χ1v) is 9.62. The molecule has 1 aliphatic rings. The van der Waals surface area contributed by atoms with Crippen molar-refractivity contribution in [3.05, 3.63) is 35.6 Å². The normalized spacial score (nSPS) is 17.3. The third kappa shape index (κ3) is 8.31. The predicted octanol–water partition coefficient (Wildman–Crippen LogP) is 2.72. The third-order valence-corrected chi connectivity index (χ3v) is 4.97. The quantitative estimate of drug-likeness (QED) is 0.362. The van der Waals surface area contributed by atoms with Crippen molar-refractivity contribution in [3.8, 4) is 0 Å². The Morgan fingerprint density at radius 3 is 2.52 bits per heavy atom. The summed E-state index contributed by atoms with van der Waals surface area (Å²) in [5, 5.41) is 3.46. The van der Waals surface area contributed by atoms with Crippen LogP contribution >= 0.6 is 24.0 Å². The van der Waals surface area contributed by atoms with Gasteiger partial charge in [-0.2, -0.15) is 0 Å². The number of piperazine rings is 1. The lowest BCUT2D eigenvalue weighted by Crippen LogP contribution is -2.48. The molecule has 2 rings (SSSR count). The minimum Gasteiger partial charge on any atom is -0.356 e. The molecule has 1 heterocycles. The fraction of sp³-hybridized carbons (Fsp3) is 0.650. The van der Waals surface area contributed by atoms with Crippen LogP contribution in [0.15, 0.2) is 29.3 Å². The summed E-state index contributed by atoms with van der Waals surface area (Å²) >= 11 is 0. The van der Waals surface area contributed by atoms with Crippen LogP contribution in [0.2, 0.25) is 0 Å². The summed E-state index contributed by atoms with van der Waals surface area (Å²) < 4.78 is 13.4. The second-order valence-corrected chi connectivity index (χ2v) is 7.25. The van der Waals surface area contributed by atoms with E-state index in [0.29, 0.717) is 12.5 Å². The number of aliphatic imine (C=N–C) groups is 1. The molecule has 1 aromatic rings. The molecule has 27 heavy (non-hydrogen) atoms. The Morgan fingerprint density at radius 1 is 1.26 bits per heavy atom. The Bertz CT molecular complexity index is 575. The Kier molecular flexibility index (Phi) is 11.2. The fourth-order valence-electron chi connectivity index (χ4n) is 3.43. The summed E-state index contributed by atoms with van der Waals surface area (Å²) in [5.41, 5.74) is 0.942. The molecule has 154 valence electrons. The molecule has 0 amide bonds. The lowest BCUT2D eigenvalue weighted by atomic mass is 10.1. The van der Waals surface area contributed by atoms with Gasteiger partial charge in [-0.3, -0.25) is 4.99 Å². The Hall–Kier alpha value is -0.930. The van der Waals surface area contributed by atoms with Crippen LogP contribution in [0.1, 0.15) is 19.4 Å². The Labute approximate surface area is 181 Å². The van der Waals surface area contributed by atoms with Gasteiger partial charge in [-0.15, -0.1) is 24.0 Å². The van der Waals surface area contributed by atoms with Crippen molar-refractivity contribution >= 4 is 29.9 Å². The SMILES string of the molecule is CCN1CCN(CC(C)CNC(=NC)N(C)Cc2cccc(F)c2)CC1.I. The van der Waals surface area contributed by atoms with Crippen LogP contribution in [0.4, 0.5) is 4.39 Å². The monoisotopic (exact) mass is 491 g/mol. The van der Waals surface area contributed by atoms with Crippen molar-refractivity contribution in [3.63, 3.8) is 0 Å². The van der Waals surface area contributed by atoms with Crippen LogP contribution in [-0.2, 0) is 6.54 Å². The number of nitrogens with one attached hydrogen (secondary N) is 1. The number of likely N-dealkylation sites (N-methyl/N-ethyl adjacent to an activating group) is 1. The predicted molar refractivity (Wildman–Crippen MR) is 122 cm³/mol. The molecule has 0 radical (unpaired) electrons. The fourth-order valence-corrected chi connectivity index (χ4v) is 3.43. The van der Waals surface area contributed by atoms with Crippen LogP contribution in [0, 0.1) is 11.7 Å². The van der Waals surface area contributed by atoms with Crippen molar-refractivity contribution in [1.29, 1.82) is 0 Å². The van der Waals surface area contributed by atoms with Gasteiger partial charge in [0.2, 0.25) is 0 Å². The van der Waals surface area contributed by atoms with Crippen LogP contribution in [-0.4, -0.2) is 80.6 Å². The highest BCUT2D eigenvalue weighted by molar-refractivity contribution is 14.0. The summed E-state index contributed by atoms with van der Waals surface area (Å²) in [4.78, 5) is 11.4. The van der Waals surface area contributed by atoms with Crippen molar-refractivity contribution in [2.45, 2.75) is 20.4 Å². The van der Waals surface area contributed by atoms with Crippen LogP contribution < -0.4 is 5.32 Å². The van der Waals surface area contributed by atoms with E-state index in [9.17, 15) is 4.39 Å². The summed E-state index contributed by atoms with van der Waals surface area (Å²) in [6, 6.07) is 6.72. The van der Waals surface area contributed by atoms with Crippen LogP contribution in [0.3, 0.4) is 0 Å². The second kappa shape index (κ2) is 12.5. The van der Waals surface area contributed by atoms with Crippen molar-refractivity contribution < 1.29 is 4.39 Å². The Balaban J connectivity index is 0.00000364. The van der Waals surface area contributed by atoms with Gasteiger partial charge in [-0.05, 0) is 30.2 Å². The van der Waals surface area contributed by atoms with Gasteiger partial charge in [0.25, 0.3) is 0 Å². The summed E-state index contributed by atoms with van der Waals surface area (Å²) in [6.45, 7) is 12.9. The van der Waals surface area contributed by atoms with Gasteiger partial charge in [0.1, 0.15) is 5.82 Å². The highest BCUT2D eigenvalue weighted by Crippen LogP contribution is 2.08. The molecule has 0 bridgehead atoms. The van der Waals surface area contributed by atoms with Crippen LogP contribution in [0.25, 0.3) is 0 Å². The lowest BCUT2D eigenvalue weighted by Gasteiger charge is -2.35. The van der Waals surface area contributed by atoms with E-state index in [1.807, 2.05) is 18.0 Å². The van der Waals surface area contributed by atoms with E-state index in [2.05, 4.69) is 34.0 Å². The molecule has 7 heteroatoms. The van der Waals surface area contributed by atoms with Gasteiger partial charge >= 0.3 is 0 Å². The standard InChI is InChI=1S/C20H34FN5.HI/c1-5-25-9-11-26(12-10-25)15-17(2)14-23-20(22-3)24(4)16-18-7-6-8-19(21)13-18;/h6-8,13,17H,5,9-12,14-16H2,1-4H3,(H,22,23);1H. The Morgan fingerprint density at radius 2 is 1.93 bits per heavy atom. The zero-order chi connectivity index (χ0) is 18.9. The van der Waals surface area contributed by atoms with Gasteiger partial charge in [-0.1, -0.05) is 26.0 Å². The van der Waals surface area contributed by atoms with Gasteiger partial charge in [0.05, 0.1) is 0 Å². The molecular weight excluding hydrogens is 456 g/mol. The number of hydrogen-bond donors (Lipinski definition) is 1. The van der Waals surface area contributed by atoms with Gasteiger partial charge in [0, 0.05) is 59.9 Å². The van der Waals surface area contributed by atoms with E-state index in [1.165, 1.54) is 19.2 Å². The van der Waals surface area contributed by atoms with Crippen LogP contribution in [0.5, 0.6) is 0 Å². The molecular formula is C20H35FIN5. The van der Waals surface area contributed by atoms with Gasteiger partial charge in [-0.25, -0.2) is 4.39 Å². The number of nitrogens with zero attached hydrogens (tertiary/aromatic N) is 4. The van der Waals surface area contributed by atoms with Gasteiger partial charge in [0.15, 0.2) is 5.96 Å². The zero-order valence-electron chi connectivity index (χ0n) is 17.1. The zero-order valence-corrected chi connectivity index (χ0v) is 19.4. The molecule has 5 nitrogen and oxygen atoms in total. The third-order valence-electron chi connectivity index (χ3n) is 4.97. The number of guanidine groups is 1. The molecule has 1 aromatic carbocycles. The number of rotatable bonds is 7. The molecule has 1 N–H and O–H groups in total. The topological polar surface area (TPSA) is 34.1 Å². The van der Waals surface area contributed by atoms with Crippen molar-refractivity contribution in [2.75, 3.05) is 59.9 Å². The van der Waals surface area contributed by atoms with E-state index < -0.39 is 0 Å². The minimum atomic E-state index is -0.198. The van der Waals surface area contributed by atoms with Crippen molar-refractivity contribution in [2.24, 2.45) is 10.9 Å². The number of hydrogen-bond acceptors (Lipinski definition) is 3. The molecule has 1 unspecified atom stereocenters. The molecule has 1 aliphatic heterocycles. The van der Waals surface area contributed by atoms with E-state index in [0.717, 1.165) is 44.2 Å². The number of halogens is 2. The maximum atomic E-state index is 13.4. The highest BCUT2D eigenvalue weighted by atomic mass is 127.